The number of nitrogens with one attached hydrogen (secondary N) is 1. The van der Waals surface area contributed by atoms with Gasteiger partial charge in [-0.05, 0) is 47.2 Å². The molecule has 2 nitrogen and oxygen atoms in total. The van der Waals surface area contributed by atoms with Crippen LogP contribution in [0.3, 0.4) is 0 Å². The number of anilines is 1. The van der Waals surface area contributed by atoms with E-state index in [9.17, 15) is 0 Å². The molecule has 1 aromatic heterocycles. The highest BCUT2D eigenvalue weighted by molar-refractivity contribution is 9.10. The molecule has 0 bridgehead atoms. The molecule has 1 aliphatic rings. The monoisotopic (exact) mass is 300 g/mol. The summed E-state index contributed by atoms with van der Waals surface area (Å²) in [6.07, 6.45) is 9.43. The average molecular weight is 301 g/mol. The van der Waals surface area contributed by atoms with Gasteiger partial charge in [0, 0.05) is 17.5 Å². The van der Waals surface area contributed by atoms with Crippen molar-refractivity contribution in [3.63, 3.8) is 0 Å². The van der Waals surface area contributed by atoms with Crippen LogP contribution in [0.2, 0.25) is 0 Å². The van der Waals surface area contributed by atoms with Gasteiger partial charge in [0.2, 0.25) is 0 Å². The van der Waals surface area contributed by atoms with E-state index >= 15 is 0 Å². The lowest BCUT2D eigenvalue weighted by Crippen LogP contribution is -2.30. The Hall–Kier alpha value is -0.220. The third-order valence-electron chi connectivity index (χ3n) is 3.28. The minimum atomic E-state index is 0.428. The molecule has 0 saturated heterocycles. The van der Waals surface area contributed by atoms with Crippen LogP contribution in [0.4, 0.5) is 5.82 Å². The molecule has 0 aliphatic heterocycles. The van der Waals surface area contributed by atoms with Gasteiger partial charge in [-0.25, -0.2) is 4.98 Å². The summed E-state index contributed by atoms with van der Waals surface area (Å²) in [5.41, 5.74) is 0. The first-order valence-electron chi connectivity index (χ1n) is 5.65. The number of halogens is 1. The van der Waals surface area contributed by atoms with Crippen LogP contribution in [0.5, 0.6) is 0 Å². The first-order valence-corrected chi connectivity index (χ1v) is 7.67. The van der Waals surface area contributed by atoms with Gasteiger partial charge < -0.3 is 5.32 Å². The minimum Gasteiger partial charge on any atom is -0.368 e. The predicted octanol–water partition coefficient (Wildman–Crippen LogP) is 3.93. The third kappa shape index (κ3) is 2.72. The van der Waals surface area contributed by atoms with Gasteiger partial charge in [-0.2, -0.15) is 11.8 Å². The molecular formula is C12H17BrN2S. The standard InChI is InChI=1S/C12H17BrN2S/c1-16-12(6-2-3-7-12)9-15-11-10(13)5-4-8-14-11/h4-5,8H,2-3,6-7,9H2,1H3,(H,14,15). The molecule has 0 unspecified atom stereocenters. The average Bonchev–Trinajstić information content (AvgIpc) is 2.78. The summed E-state index contributed by atoms with van der Waals surface area (Å²) in [7, 11) is 0. The molecule has 88 valence electrons. The molecule has 0 radical (unpaired) electrons. The molecule has 0 amide bonds. The Kier molecular flexibility index (Phi) is 4.14. The molecule has 0 aromatic carbocycles. The Balaban J connectivity index is 1.98. The fourth-order valence-corrected chi connectivity index (χ4v) is 3.54. The lowest BCUT2D eigenvalue weighted by Gasteiger charge is -2.27. The molecule has 1 aliphatic carbocycles. The first-order chi connectivity index (χ1) is 7.76. The summed E-state index contributed by atoms with van der Waals surface area (Å²) in [5, 5.41) is 3.47. The Morgan fingerprint density at radius 1 is 1.50 bits per heavy atom. The van der Waals surface area contributed by atoms with Gasteiger partial charge in [-0.3, -0.25) is 0 Å². The summed E-state index contributed by atoms with van der Waals surface area (Å²) < 4.78 is 1.47. The highest BCUT2D eigenvalue weighted by Crippen LogP contribution is 2.40. The molecule has 1 N–H and O–H groups in total. The zero-order valence-corrected chi connectivity index (χ0v) is 11.9. The molecule has 1 saturated carbocycles. The zero-order chi connectivity index (χ0) is 11.4. The maximum Gasteiger partial charge on any atom is 0.140 e. The van der Waals surface area contributed by atoms with E-state index in [-0.39, 0.29) is 0 Å². The van der Waals surface area contributed by atoms with Gasteiger partial charge in [0.25, 0.3) is 0 Å². The van der Waals surface area contributed by atoms with Crippen molar-refractivity contribution in [2.45, 2.75) is 30.4 Å². The lowest BCUT2D eigenvalue weighted by molar-refractivity contribution is 0.638. The summed E-state index contributed by atoms with van der Waals surface area (Å²) in [4.78, 5) is 4.34. The number of hydrogen-bond acceptors (Lipinski definition) is 3. The maximum absolute atomic E-state index is 4.34. The fourth-order valence-electron chi connectivity index (χ4n) is 2.23. The number of nitrogens with zero attached hydrogens (tertiary/aromatic N) is 1. The number of pyridine rings is 1. The maximum atomic E-state index is 4.34. The molecule has 2 rings (SSSR count). The van der Waals surface area contributed by atoms with Crippen molar-refractivity contribution in [1.29, 1.82) is 0 Å². The highest BCUT2D eigenvalue weighted by atomic mass is 79.9. The minimum absolute atomic E-state index is 0.428. The molecule has 1 fully saturated rings. The molecule has 1 heterocycles. The first kappa shape index (κ1) is 12.2. The highest BCUT2D eigenvalue weighted by Gasteiger charge is 2.32. The molecule has 16 heavy (non-hydrogen) atoms. The number of rotatable bonds is 4. The molecule has 0 atom stereocenters. The van der Waals surface area contributed by atoms with E-state index in [4.69, 9.17) is 0 Å². The summed E-state index contributed by atoms with van der Waals surface area (Å²) in [5.74, 6) is 0.961. The van der Waals surface area contributed by atoms with Crippen molar-refractivity contribution >= 4 is 33.5 Å². The smallest absolute Gasteiger partial charge is 0.140 e. The van der Waals surface area contributed by atoms with E-state index < -0.39 is 0 Å². The van der Waals surface area contributed by atoms with Crippen LogP contribution in [0.15, 0.2) is 22.8 Å². The molecule has 1 aromatic rings. The molecule has 0 spiro atoms. The number of hydrogen-bond donors (Lipinski definition) is 1. The van der Waals surface area contributed by atoms with Gasteiger partial charge in [0.15, 0.2) is 0 Å². The second kappa shape index (κ2) is 5.41. The van der Waals surface area contributed by atoms with Gasteiger partial charge in [-0.15, -0.1) is 0 Å². The lowest BCUT2D eigenvalue weighted by atomic mass is 10.1. The number of aromatic nitrogens is 1. The number of thioether (sulfide) groups is 1. The van der Waals surface area contributed by atoms with Gasteiger partial charge in [0.05, 0.1) is 4.47 Å². The molecular weight excluding hydrogens is 284 g/mol. The Morgan fingerprint density at radius 2 is 2.25 bits per heavy atom. The van der Waals surface area contributed by atoms with Gasteiger partial charge in [0.1, 0.15) is 5.82 Å². The van der Waals surface area contributed by atoms with E-state index in [1.165, 1.54) is 25.7 Å². The van der Waals surface area contributed by atoms with Crippen molar-refractivity contribution in [3.05, 3.63) is 22.8 Å². The third-order valence-corrected chi connectivity index (χ3v) is 5.34. The van der Waals surface area contributed by atoms with Crippen LogP contribution in [0.1, 0.15) is 25.7 Å². The van der Waals surface area contributed by atoms with Crippen LogP contribution >= 0.6 is 27.7 Å². The van der Waals surface area contributed by atoms with Crippen LogP contribution in [-0.2, 0) is 0 Å². The van der Waals surface area contributed by atoms with E-state index in [1.807, 2.05) is 30.1 Å². The normalized spacial score (nSPS) is 18.6. The quantitative estimate of drug-likeness (QED) is 0.912. The van der Waals surface area contributed by atoms with Crippen molar-refractivity contribution in [2.75, 3.05) is 18.1 Å². The van der Waals surface area contributed by atoms with E-state index in [0.717, 1.165) is 16.8 Å². The van der Waals surface area contributed by atoms with E-state index in [2.05, 4.69) is 32.5 Å². The summed E-state index contributed by atoms with van der Waals surface area (Å²) >= 11 is 5.51. The van der Waals surface area contributed by atoms with Gasteiger partial charge >= 0.3 is 0 Å². The Bertz CT molecular complexity index is 351. The van der Waals surface area contributed by atoms with Crippen molar-refractivity contribution in [3.8, 4) is 0 Å². The van der Waals surface area contributed by atoms with Crippen molar-refractivity contribution in [2.24, 2.45) is 0 Å². The summed E-state index contributed by atoms with van der Waals surface area (Å²) in [6, 6.07) is 3.96. The topological polar surface area (TPSA) is 24.9 Å². The van der Waals surface area contributed by atoms with Crippen LogP contribution in [0, 0.1) is 0 Å². The Morgan fingerprint density at radius 3 is 2.88 bits per heavy atom. The van der Waals surface area contributed by atoms with Gasteiger partial charge in [-0.1, -0.05) is 12.8 Å². The summed E-state index contributed by atoms with van der Waals surface area (Å²) in [6.45, 7) is 1.02. The van der Waals surface area contributed by atoms with Crippen molar-refractivity contribution in [1.82, 2.24) is 4.98 Å². The Labute approximate surface area is 110 Å². The van der Waals surface area contributed by atoms with E-state index in [1.54, 1.807) is 0 Å². The second-order valence-corrected chi connectivity index (χ2v) is 6.41. The largest absolute Gasteiger partial charge is 0.368 e. The van der Waals surface area contributed by atoms with Crippen LogP contribution < -0.4 is 5.32 Å². The zero-order valence-electron chi connectivity index (χ0n) is 9.50. The van der Waals surface area contributed by atoms with Crippen LogP contribution in [-0.4, -0.2) is 22.5 Å². The second-order valence-electron chi connectivity index (χ2n) is 4.28. The predicted molar refractivity (Wildman–Crippen MR) is 75.1 cm³/mol. The fraction of sp³-hybridized carbons (Fsp3) is 0.583. The van der Waals surface area contributed by atoms with E-state index in [0.29, 0.717) is 4.75 Å². The van der Waals surface area contributed by atoms with Crippen molar-refractivity contribution < 1.29 is 0 Å². The SMILES string of the molecule is CSC1(CNc2ncccc2Br)CCCC1. The van der Waals surface area contributed by atoms with Crippen LogP contribution in [0.25, 0.3) is 0 Å². The molecule has 4 heteroatoms.